The molecule has 3 rings (SSSR count). The standard InChI is InChI=1S/C18H21NO2/c1-2-13-12-19-9-7-15(13)17(20)11-18-16-6-4-3-5-14(16)8-10-21-18/h3-7,9,12,17-18,20H,2,8,10-11H2,1H3. The summed E-state index contributed by atoms with van der Waals surface area (Å²) in [6.07, 6.45) is 5.47. The lowest BCUT2D eigenvalue weighted by Gasteiger charge is -2.28. The Morgan fingerprint density at radius 3 is 3.05 bits per heavy atom. The van der Waals surface area contributed by atoms with Gasteiger partial charge in [-0.2, -0.15) is 0 Å². The maximum atomic E-state index is 10.6. The summed E-state index contributed by atoms with van der Waals surface area (Å²) in [4.78, 5) is 4.14. The van der Waals surface area contributed by atoms with Gasteiger partial charge in [0.05, 0.1) is 18.8 Å². The Morgan fingerprint density at radius 2 is 2.19 bits per heavy atom. The van der Waals surface area contributed by atoms with Gasteiger partial charge in [0.15, 0.2) is 0 Å². The molecule has 3 nitrogen and oxygen atoms in total. The summed E-state index contributed by atoms with van der Waals surface area (Å²) >= 11 is 0. The first-order valence-electron chi connectivity index (χ1n) is 7.60. The first-order chi connectivity index (χ1) is 10.3. The second kappa shape index (κ2) is 6.37. The maximum absolute atomic E-state index is 10.6. The first-order valence-corrected chi connectivity index (χ1v) is 7.60. The number of nitrogens with zero attached hydrogens (tertiary/aromatic N) is 1. The molecule has 0 aliphatic carbocycles. The van der Waals surface area contributed by atoms with Gasteiger partial charge in [-0.1, -0.05) is 31.2 Å². The van der Waals surface area contributed by atoms with Gasteiger partial charge in [0.25, 0.3) is 0 Å². The van der Waals surface area contributed by atoms with Crippen molar-refractivity contribution in [2.24, 2.45) is 0 Å². The molecule has 0 spiro atoms. The fourth-order valence-electron chi connectivity index (χ4n) is 3.06. The van der Waals surface area contributed by atoms with E-state index >= 15 is 0 Å². The van der Waals surface area contributed by atoms with Gasteiger partial charge < -0.3 is 9.84 Å². The third-order valence-electron chi connectivity index (χ3n) is 4.21. The van der Waals surface area contributed by atoms with E-state index in [1.54, 1.807) is 6.20 Å². The fourth-order valence-corrected chi connectivity index (χ4v) is 3.06. The van der Waals surface area contributed by atoms with Crippen molar-refractivity contribution in [2.45, 2.75) is 38.4 Å². The highest BCUT2D eigenvalue weighted by molar-refractivity contribution is 5.32. The smallest absolute Gasteiger partial charge is 0.0855 e. The van der Waals surface area contributed by atoms with Crippen LogP contribution >= 0.6 is 0 Å². The van der Waals surface area contributed by atoms with Gasteiger partial charge in [-0.3, -0.25) is 4.98 Å². The zero-order valence-electron chi connectivity index (χ0n) is 12.3. The SMILES string of the molecule is CCc1cnccc1C(O)CC1OCCc2ccccc21. The van der Waals surface area contributed by atoms with E-state index in [1.165, 1.54) is 11.1 Å². The fraction of sp³-hybridized carbons (Fsp3) is 0.389. The molecular weight excluding hydrogens is 262 g/mol. The lowest BCUT2D eigenvalue weighted by Crippen LogP contribution is -2.18. The molecule has 2 unspecified atom stereocenters. The lowest BCUT2D eigenvalue weighted by molar-refractivity contribution is 0.00358. The molecule has 0 saturated heterocycles. The third kappa shape index (κ3) is 2.99. The number of pyridine rings is 1. The van der Waals surface area contributed by atoms with E-state index in [2.05, 4.69) is 30.1 Å². The lowest BCUT2D eigenvalue weighted by atomic mass is 9.91. The van der Waals surface area contributed by atoms with Crippen LogP contribution < -0.4 is 0 Å². The highest BCUT2D eigenvalue weighted by Crippen LogP contribution is 2.34. The van der Waals surface area contributed by atoms with E-state index in [0.717, 1.165) is 30.6 Å². The van der Waals surface area contributed by atoms with Gasteiger partial charge in [-0.25, -0.2) is 0 Å². The molecule has 1 aromatic heterocycles. The molecule has 2 atom stereocenters. The highest BCUT2D eigenvalue weighted by atomic mass is 16.5. The summed E-state index contributed by atoms with van der Waals surface area (Å²) < 4.78 is 5.89. The maximum Gasteiger partial charge on any atom is 0.0855 e. The molecule has 0 fully saturated rings. The monoisotopic (exact) mass is 283 g/mol. The van der Waals surface area contributed by atoms with Crippen LogP contribution in [-0.4, -0.2) is 16.7 Å². The molecule has 21 heavy (non-hydrogen) atoms. The summed E-state index contributed by atoms with van der Waals surface area (Å²) in [5.41, 5.74) is 4.63. The Kier molecular flexibility index (Phi) is 4.32. The van der Waals surface area contributed by atoms with E-state index in [4.69, 9.17) is 4.74 Å². The summed E-state index contributed by atoms with van der Waals surface area (Å²) in [7, 11) is 0. The minimum absolute atomic E-state index is 0.0252. The zero-order chi connectivity index (χ0) is 14.7. The predicted octanol–water partition coefficient (Wildman–Crippen LogP) is 3.38. The quantitative estimate of drug-likeness (QED) is 0.935. The Hall–Kier alpha value is -1.71. The molecule has 0 saturated carbocycles. The zero-order valence-corrected chi connectivity index (χ0v) is 12.3. The van der Waals surface area contributed by atoms with Gasteiger partial charge in [0.1, 0.15) is 0 Å². The Morgan fingerprint density at radius 1 is 1.33 bits per heavy atom. The van der Waals surface area contributed by atoms with Gasteiger partial charge in [0, 0.05) is 18.8 Å². The minimum atomic E-state index is -0.515. The normalized spacial score (nSPS) is 19.0. The van der Waals surface area contributed by atoms with Crippen LogP contribution in [-0.2, 0) is 17.6 Å². The second-order valence-corrected chi connectivity index (χ2v) is 5.49. The van der Waals surface area contributed by atoms with E-state index in [1.807, 2.05) is 18.3 Å². The average Bonchev–Trinajstić information content (AvgIpc) is 2.55. The molecule has 2 heterocycles. The molecule has 1 aliphatic rings. The molecule has 0 radical (unpaired) electrons. The average molecular weight is 283 g/mol. The van der Waals surface area contributed by atoms with Crippen molar-refractivity contribution >= 4 is 0 Å². The van der Waals surface area contributed by atoms with Crippen LogP contribution in [0.25, 0.3) is 0 Å². The summed E-state index contributed by atoms with van der Waals surface area (Å²) in [5.74, 6) is 0. The molecule has 2 aromatic rings. The van der Waals surface area contributed by atoms with E-state index in [-0.39, 0.29) is 6.10 Å². The van der Waals surface area contributed by atoms with Gasteiger partial charge in [-0.05, 0) is 41.2 Å². The van der Waals surface area contributed by atoms with Gasteiger partial charge in [-0.15, -0.1) is 0 Å². The van der Waals surface area contributed by atoms with Crippen LogP contribution in [0.3, 0.4) is 0 Å². The highest BCUT2D eigenvalue weighted by Gasteiger charge is 2.24. The van der Waals surface area contributed by atoms with Crippen LogP contribution in [0.5, 0.6) is 0 Å². The van der Waals surface area contributed by atoms with Crippen molar-refractivity contribution in [3.63, 3.8) is 0 Å². The molecule has 110 valence electrons. The Bertz CT molecular complexity index is 612. The van der Waals surface area contributed by atoms with Crippen LogP contribution in [0.4, 0.5) is 0 Å². The van der Waals surface area contributed by atoms with Crippen LogP contribution in [0.15, 0.2) is 42.7 Å². The van der Waals surface area contributed by atoms with Crippen LogP contribution in [0, 0.1) is 0 Å². The van der Waals surface area contributed by atoms with Gasteiger partial charge >= 0.3 is 0 Å². The molecule has 0 bridgehead atoms. The number of ether oxygens (including phenoxy) is 1. The van der Waals surface area contributed by atoms with E-state index in [0.29, 0.717) is 6.42 Å². The number of benzene rings is 1. The summed E-state index contributed by atoms with van der Waals surface area (Å²) in [6.45, 7) is 2.81. The third-order valence-corrected chi connectivity index (χ3v) is 4.21. The van der Waals surface area contributed by atoms with Crippen molar-refractivity contribution in [1.29, 1.82) is 0 Å². The largest absolute Gasteiger partial charge is 0.388 e. The number of hydrogen-bond donors (Lipinski definition) is 1. The van der Waals surface area contributed by atoms with Crippen LogP contribution in [0.1, 0.15) is 47.8 Å². The van der Waals surface area contributed by atoms with Gasteiger partial charge in [0.2, 0.25) is 0 Å². The summed E-state index contributed by atoms with van der Waals surface area (Å²) in [6, 6.07) is 10.3. The van der Waals surface area contributed by atoms with Crippen molar-refractivity contribution in [3.05, 3.63) is 65.0 Å². The number of hydrogen-bond acceptors (Lipinski definition) is 3. The first kappa shape index (κ1) is 14.2. The van der Waals surface area contributed by atoms with E-state index < -0.39 is 6.10 Å². The Labute approximate surface area is 125 Å². The van der Waals surface area contributed by atoms with E-state index in [9.17, 15) is 5.11 Å². The number of aliphatic hydroxyl groups excluding tert-OH is 1. The molecule has 1 aromatic carbocycles. The molecule has 1 N–H and O–H groups in total. The van der Waals surface area contributed by atoms with Crippen molar-refractivity contribution in [3.8, 4) is 0 Å². The predicted molar refractivity (Wildman–Crippen MR) is 82.0 cm³/mol. The van der Waals surface area contributed by atoms with Crippen molar-refractivity contribution < 1.29 is 9.84 Å². The van der Waals surface area contributed by atoms with Crippen molar-refractivity contribution in [1.82, 2.24) is 4.98 Å². The molecule has 1 aliphatic heterocycles. The number of aliphatic hydroxyl groups is 1. The van der Waals surface area contributed by atoms with Crippen molar-refractivity contribution in [2.75, 3.05) is 6.61 Å². The number of aryl methyl sites for hydroxylation is 1. The second-order valence-electron chi connectivity index (χ2n) is 5.49. The molecule has 3 heteroatoms. The topological polar surface area (TPSA) is 42.4 Å². The number of fused-ring (bicyclic) bond motifs is 1. The number of rotatable bonds is 4. The summed E-state index contributed by atoms with van der Waals surface area (Å²) in [5, 5.41) is 10.6. The molecular formula is C18H21NO2. The minimum Gasteiger partial charge on any atom is -0.388 e. The Balaban J connectivity index is 1.81. The number of aromatic nitrogens is 1. The molecule has 0 amide bonds. The van der Waals surface area contributed by atoms with Crippen LogP contribution in [0.2, 0.25) is 0 Å².